The van der Waals surface area contributed by atoms with Crippen molar-refractivity contribution in [2.45, 2.75) is 19.9 Å². The van der Waals surface area contributed by atoms with Crippen molar-refractivity contribution in [3.05, 3.63) is 41.4 Å². The molecular weight excluding hydrogens is 256 g/mol. The van der Waals surface area contributed by atoms with E-state index >= 15 is 0 Å². The van der Waals surface area contributed by atoms with Crippen molar-refractivity contribution in [3.63, 3.8) is 0 Å². The minimum atomic E-state index is 0.262. The van der Waals surface area contributed by atoms with Crippen molar-refractivity contribution >= 4 is 11.3 Å². The van der Waals surface area contributed by atoms with E-state index in [4.69, 9.17) is 5.11 Å². The monoisotopic (exact) mass is 276 g/mol. The Bertz CT molecular complexity index is 484. The first kappa shape index (κ1) is 14.2. The molecule has 3 nitrogen and oxygen atoms in total. The van der Waals surface area contributed by atoms with Crippen LogP contribution >= 0.6 is 11.3 Å². The van der Waals surface area contributed by atoms with E-state index in [0.29, 0.717) is 5.92 Å². The molecule has 0 aliphatic heterocycles. The molecule has 0 bridgehead atoms. The molecule has 0 aliphatic carbocycles. The first-order valence-electron chi connectivity index (χ1n) is 6.61. The lowest BCUT2D eigenvalue weighted by atomic mass is 10.1. The van der Waals surface area contributed by atoms with Gasteiger partial charge in [0.1, 0.15) is 5.01 Å². The molecule has 1 heterocycles. The number of nitrogens with zero attached hydrogens (tertiary/aromatic N) is 1. The number of aliphatic hydroxyl groups is 1. The predicted molar refractivity (Wildman–Crippen MR) is 80.1 cm³/mol. The van der Waals surface area contributed by atoms with Crippen molar-refractivity contribution in [2.24, 2.45) is 5.92 Å². The van der Waals surface area contributed by atoms with Crippen LogP contribution in [0.25, 0.3) is 10.6 Å². The molecule has 0 spiro atoms. The van der Waals surface area contributed by atoms with Crippen LogP contribution in [0.2, 0.25) is 0 Å². The van der Waals surface area contributed by atoms with Crippen LogP contribution in [0.15, 0.2) is 35.7 Å². The lowest BCUT2D eigenvalue weighted by molar-refractivity contribution is 0.260. The zero-order valence-corrected chi connectivity index (χ0v) is 12.0. The van der Waals surface area contributed by atoms with Crippen LogP contribution in [0, 0.1) is 5.92 Å². The number of hydrogen-bond acceptors (Lipinski definition) is 4. The van der Waals surface area contributed by atoms with Gasteiger partial charge in [-0.1, -0.05) is 37.3 Å². The molecule has 1 aromatic heterocycles. The van der Waals surface area contributed by atoms with Crippen LogP contribution in [0.4, 0.5) is 0 Å². The number of aliphatic hydroxyl groups excluding tert-OH is 1. The molecule has 4 heteroatoms. The van der Waals surface area contributed by atoms with Gasteiger partial charge in [-0.05, 0) is 18.9 Å². The van der Waals surface area contributed by atoms with Gasteiger partial charge in [-0.15, -0.1) is 11.3 Å². The molecule has 2 rings (SSSR count). The fourth-order valence-corrected chi connectivity index (χ4v) is 2.70. The van der Waals surface area contributed by atoms with Crippen LogP contribution in [0.5, 0.6) is 0 Å². The van der Waals surface area contributed by atoms with E-state index < -0.39 is 0 Å². The van der Waals surface area contributed by atoms with Crippen molar-refractivity contribution in [2.75, 3.05) is 13.2 Å². The largest absolute Gasteiger partial charge is 0.396 e. The summed E-state index contributed by atoms with van der Waals surface area (Å²) >= 11 is 1.68. The van der Waals surface area contributed by atoms with Gasteiger partial charge in [-0.3, -0.25) is 0 Å². The van der Waals surface area contributed by atoms with Crippen LogP contribution < -0.4 is 5.32 Å². The molecule has 2 aromatic rings. The summed E-state index contributed by atoms with van der Waals surface area (Å²) in [6.07, 6.45) is 0.847. The number of hydrogen-bond donors (Lipinski definition) is 2. The Balaban J connectivity index is 1.85. The summed E-state index contributed by atoms with van der Waals surface area (Å²) in [5.74, 6) is 0.497. The van der Waals surface area contributed by atoms with Gasteiger partial charge in [-0.25, -0.2) is 4.98 Å². The van der Waals surface area contributed by atoms with Gasteiger partial charge >= 0.3 is 0 Å². The average Bonchev–Trinajstić information content (AvgIpc) is 2.89. The Morgan fingerprint density at radius 1 is 1.32 bits per heavy atom. The second-order valence-electron chi connectivity index (χ2n) is 4.76. The minimum absolute atomic E-state index is 0.262. The van der Waals surface area contributed by atoms with Gasteiger partial charge < -0.3 is 10.4 Å². The van der Waals surface area contributed by atoms with E-state index in [9.17, 15) is 0 Å². The maximum atomic E-state index is 8.84. The Kier molecular flexibility index (Phi) is 5.51. The maximum Gasteiger partial charge on any atom is 0.123 e. The van der Waals surface area contributed by atoms with Gasteiger partial charge in [0.25, 0.3) is 0 Å². The van der Waals surface area contributed by atoms with E-state index in [-0.39, 0.29) is 6.61 Å². The van der Waals surface area contributed by atoms with Gasteiger partial charge in [0.2, 0.25) is 0 Å². The maximum absolute atomic E-state index is 8.84. The summed E-state index contributed by atoms with van der Waals surface area (Å²) in [7, 11) is 0. The minimum Gasteiger partial charge on any atom is -0.396 e. The Morgan fingerprint density at radius 3 is 2.84 bits per heavy atom. The molecular formula is C15H20N2OS. The van der Waals surface area contributed by atoms with Crippen LogP contribution in [0.3, 0.4) is 0 Å². The number of rotatable bonds is 7. The summed E-state index contributed by atoms with van der Waals surface area (Å²) in [5.41, 5.74) is 2.26. The topological polar surface area (TPSA) is 45.1 Å². The Labute approximate surface area is 118 Å². The molecule has 2 N–H and O–H groups in total. The fraction of sp³-hybridized carbons (Fsp3) is 0.400. The summed E-state index contributed by atoms with van der Waals surface area (Å²) in [6.45, 7) is 4.11. The third-order valence-corrected chi connectivity index (χ3v) is 3.93. The molecule has 1 atom stereocenters. The summed E-state index contributed by atoms with van der Waals surface area (Å²) in [4.78, 5) is 4.63. The standard InChI is InChI=1S/C15H20N2OS/c1-12(7-8-18)9-16-10-14-11-19-15(17-14)13-5-3-2-4-6-13/h2-6,11-12,16,18H,7-10H2,1H3. The average molecular weight is 276 g/mol. The Hall–Kier alpha value is -1.23. The second kappa shape index (κ2) is 7.38. The first-order chi connectivity index (χ1) is 9.29. The number of nitrogens with one attached hydrogen (secondary N) is 1. The number of aromatic nitrogens is 1. The zero-order chi connectivity index (χ0) is 13.5. The molecule has 0 fully saturated rings. The van der Waals surface area contributed by atoms with E-state index in [1.54, 1.807) is 11.3 Å². The SMILES string of the molecule is CC(CCO)CNCc1csc(-c2ccccc2)n1. The second-order valence-corrected chi connectivity index (χ2v) is 5.62. The molecule has 1 aromatic carbocycles. The van der Waals surface area contributed by atoms with E-state index in [0.717, 1.165) is 30.2 Å². The van der Waals surface area contributed by atoms with Gasteiger partial charge in [0.05, 0.1) is 5.69 Å². The van der Waals surface area contributed by atoms with Crippen LogP contribution in [0.1, 0.15) is 19.0 Å². The van der Waals surface area contributed by atoms with Crippen molar-refractivity contribution < 1.29 is 5.11 Å². The first-order valence-corrected chi connectivity index (χ1v) is 7.49. The fourth-order valence-electron chi connectivity index (χ4n) is 1.87. The summed E-state index contributed by atoms with van der Waals surface area (Å²) < 4.78 is 0. The molecule has 0 amide bonds. The highest BCUT2D eigenvalue weighted by atomic mass is 32.1. The smallest absolute Gasteiger partial charge is 0.123 e. The summed E-state index contributed by atoms with van der Waals surface area (Å²) in [5, 5.41) is 15.4. The lowest BCUT2D eigenvalue weighted by Gasteiger charge is -2.09. The van der Waals surface area contributed by atoms with Crippen molar-refractivity contribution in [1.82, 2.24) is 10.3 Å². The molecule has 0 saturated heterocycles. The van der Waals surface area contributed by atoms with Gasteiger partial charge in [0, 0.05) is 24.1 Å². The highest BCUT2D eigenvalue weighted by molar-refractivity contribution is 7.13. The molecule has 0 saturated carbocycles. The van der Waals surface area contributed by atoms with Crippen LogP contribution in [-0.4, -0.2) is 23.2 Å². The van der Waals surface area contributed by atoms with E-state index in [1.807, 2.05) is 18.2 Å². The normalized spacial score (nSPS) is 12.5. The predicted octanol–water partition coefficient (Wildman–Crippen LogP) is 2.92. The molecule has 0 aliphatic rings. The summed E-state index contributed by atoms with van der Waals surface area (Å²) in [6, 6.07) is 10.2. The molecule has 19 heavy (non-hydrogen) atoms. The zero-order valence-electron chi connectivity index (χ0n) is 11.2. The lowest BCUT2D eigenvalue weighted by Crippen LogP contribution is -2.21. The van der Waals surface area contributed by atoms with Crippen molar-refractivity contribution in [3.8, 4) is 10.6 Å². The highest BCUT2D eigenvalue weighted by Crippen LogP contribution is 2.23. The molecule has 0 radical (unpaired) electrons. The van der Waals surface area contributed by atoms with E-state index in [2.05, 4.69) is 34.7 Å². The Morgan fingerprint density at radius 2 is 2.11 bits per heavy atom. The molecule has 102 valence electrons. The quantitative estimate of drug-likeness (QED) is 0.817. The van der Waals surface area contributed by atoms with Crippen molar-refractivity contribution in [1.29, 1.82) is 0 Å². The highest BCUT2D eigenvalue weighted by Gasteiger charge is 2.05. The van der Waals surface area contributed by atoms with Crippen LogP contribution in [-0.2, 0) is 6.54 Å². The number of thiazole rings is 1. The van der Waals surface area contributed by atoms with Gasteiger partial charge in [-0.2, -0.15) is 0 Å². The van der Waals surface area contributed by atoms with Gasteiger partial charge in [0.15, 0.2) is 0 Å². The number of benzene rings is 1. The van der Waals surface area contributed by atoms with E-state index in [1.165, 1.54) is 5.56 Å². The molecule has 1 unspecified atom stereocenters. The third-order valence-electron chi connectivity index (χ3n) is 2.99. The third kappa shape index (κ3) is 4.42.